The zero-order chi connectivity index (χ0) is 21.5. The molecule has 2 aliphatic carbocycles. The lowest BCUT2D eigenvalue weighted by molar-refractivity contribution is 0.157. The molecule has 1 aromatic carbocycles. The van der Waals surface area contributed by atoms with Crippen LogP contribution < -0.4 is 10.6 Å². The summed E-state index contributed by atoms with van der Waals surface area (Å²) in [6, 6.07) is 7.87. The molecule has 0 aliphatic heterocycles. The Morgan fingerprint density at radius 2 is 1.90 bits per heavy atom. The molecule has 3 atom stereocenters. The number of rotatable bonds is 7. The first-order valence-corrected chi connectivity index (χ1v) is 11.1. The molecule has 0 saturated heterocycles. The predicted molar refractivity (Wildman–Crippen MR) is 121 cm³/mol. The Hall–Kier alpha value is -2.71. The van der Waals surface area contributed by atoms with Crippen LogP contribution in [0, 0.1) is 18.8 Å². The fraction of sp³-hybridized carbons (Fsp3) is 0.522. The van der Waals surface area contributed by atoms with E-state index in [1.807, 2.05) is 38.2 Å². The maximum atomic E-state index is 10.6. The summed E-state index contributed by atoms with van der Waals surface area (Å²) in [5.41, 5.74) is 3.64. The number of nitrogens with one attached hydrogen (secondary N) is 2. The number of anilines is 2. The van der Waals surface area contributed by atoms with Gasteiger partial charge in [-0.15, -0.1) is 0 Å². The molecule has 31 heavy (non-hydrogen) atoms. The first-order valence-electron chi connectivity index (χ1n) is 11.1. The van der Waals surface area contributed by atoms with Gasteiger partial charge in [-0.05, 0) is 56.6 Å². The van der Waals surface area contributed by atoms with Crippen molar-refractivity contribution < 1.29 is 10.2 Å². The summed E-state index contributed by atoms with van der Waals surface area (Å²) in [5, 5.41) is 26.9. The number of hydrogen-bond donors (Lipinski definition) is 4. The zero-order valence-electron chi connectivity index (χ0n) is 18.0. The Morgan fingerprint density at radius 3 is 2.61 bits per heavy atom. The van der Waals surface area contributed by atoms with Crippen LogP contribution in [0.15, 0.2) is 24.3 Å². The molecule has 0 radical (unpaired) electrons. The van der Waals surface area contributed by atoms with E-state index in [-0.39, 0.29) is 18.6 Å². The molecule has 5 rings (SSSR count). The number of fused-ring (bicyclic) bond motifs is 1. The molecule has 0 bridgehead atoms. The van der Waals surface area contributed by atoms with Gasteiger partial charge in [-0.3, -0.25) is 0 Å². The van der Waals surface area contributed by atoms with Crippen LogP contribution in [0.2, 0.25) is 0 Å². The van der Waals surface area contributed by atoms with Crippen molar-refractivity contribution in [3.05, 3.63) is 30.0 Å². The number of hydrogen-bond acceptors (Lipinski definition) is 7. The molecule has 8 nitrogen and oxygen atoms in total. The second-order valence-electron chi connectivity index (χ2n) is 9.00. The third kappa shape index (κ3) is 3.97. The number of imidazole rings is 1. The molecule has 0 amide bonds. The maximum Gasteiger partial charge on any atom is 0.224 e. The van der Waals surface area contributed by atoms with Gasteiger partial charge < -0.3 is 25.4 Å². The lowest BCUT2D eigenvalue weighted by atomic mass is 10.1. The number of aromatic nitrogens is 4. The summed E-state index contributed by atoms with van der Waals surface area (Å²) in [5.74, 6) is 2.87. The van der Waals surface area contributed by atoms with Gasteiger partial charge >= 0.3 is 0 Å². The van der Waals surface area contributed by atoms with E-state index in [4.69, 9.17) is 15.0 Å². The van der Waals surface area contributed by atoms with Crippen molar-refractivity contribution in [2.45, 2.75) is 44.8 Å². The van der Waals surface area contributed by atoms with Crippen molar-refractivity contribution in [3.8, 4) is 11.4 Å². The Bertz CT molecular complexity index is 1090. The minimum Gasteiger partial charge on any atom is -0.396 e. The summed E-state index contributed by atoms with van der Waals surface area (Å²) in [7, 11) is 2.00. The van der Waals surface area contributed by atoms with Crippen molar-refractivity contribution in [1.82, 2.24) is 19.5 Å². The number of nitrogens with zero attached hydrogens (tertiary/aromatic N) is 4. The number of para-hydroxylation sites is 2. The summed E-state index contributed by atoms with van der Waals surface area (Å²) in [6.07, 6.45) is 3.28. The summed E-state index contributed by atoms with van der Waals surface area (Å²) < 4.78 is 2.06. The van der Waals surface area contributed by atoms with Crippen molar-refractivity contribution in [3.63, 3.8) is 0 Å². The van der Waals surface area contributed by atoms with E-state index in [2.05, 4.69) is 15.2 Å². The molecule has 2 heterocycles. The van der Waals surface area contributed by atoms with E-state index >= 15 is 0 Å². The number of aliphatic hydroxyl groups excluding tert-OH is 2. The second-order valence-corrected chi connectivity index (χ2v) is 9.00. The van der Waals surface area contributed by atoms with Gasteiger partial charge in [0.05, 0.1) is 34.4 Å². The standard InChI is InChI=1S/C23H30N6O2/c1-13-20(22-27-16-5-3-4-6-18(16)29(22)2)21(26-17-9-15(12-30)10-19(17)31)28-23(25-13)24-11-14-7-8-14/h3-6,14-15,17,19,30-31H,7-12H2,1-2H3,(H2,24,25,26,28)/t15-,17+,19+/m0/s1. The van der Waals surface area contributed by atoms with E-state index in [0.29, 0.717) is 30.5 Å². The molecular weight excluding hydrogens is 392 g/mol. The van der Waals surface area contributed by atoms with Crippen LogP contribution in [0.25, 0.3) is 22.4 Å². The Balaban J connectivity index is 1.55. The molecule has 3 aromatic rings. The van der Waals surface area contributed by atoms with Crippen LogP contribution in [-0.4, -0.2) is 55.0 Å². The van der Waals surface area contributed by atoms with Gasteiger partial charge in [-0.2, -0.15) is 4.98 Å². The maximum absolute atomic E-state index is 10.6. The number of aliphatic hydroxyl groups is 2. The molecule has 0 spiro atoms. The Kier molecular flexibility index (Phi) is 5.27. The normalized spacial score (nSPS) is 23.4. The van der Waals surface area contributed by atoms with Crippen molar-refractivity contribution in [2.24, 2.45) is 18.9 Å². The SMILES string of the molecule is Cc1nc(NCC2CC2)nc(N[C@@H]2C[C@H](CO)C[C@H]2O)c1-c1nc2ccccc2n1C. The minimum atomic E-state index is -0.524. The highest BCUT2D eigenvalue weighted by atomic mass is 16.3. The van der Waals surface area contributed by atoms with E-state index in [9.17, 15) is 10.2 Å². The van der Waals surface area contributed by atoms with E-state index in [1.54, 1.807) is 0 Å². The molecule has 2 fully saturated rings. The minimum absolute atomic E-state index is 0.0872. The highest BCUT2D eigenvalue weighted by molar-refractivity contribution is 5.84. The lowest BCUT2D eigenvalue weighted by Gasteiger charge is -2.21. The van der Waals surface area contributed by atoms with Gasteiger partial charge in [-0.25, -0.2) is 9.97 Å². The Labute approximate surface area is 181 Å². The van der Waals surface area contributed by atoms with Crippen LogP contribution in [0.1, 0.15) is 31.4 Å². The molecule has 2 aromatic heterocycles. The zero-order valence-corrected chi connectivity index (χ0v) is 18.0. The topological polar surface area (TPSA) is 108 Å². The fourth-order valence-electron chi connectivity index (χ4n) is 4.55. The van der Waals surface area contributed by atoms with Gasteiger partial charge in [0, 0.05) is 20.2 Å². The van der Waals surface area contributed by atoms with Crippen molar-refractivity contribution in [2.75, 3.05) is 23.8 Å². The van der Waals surface area contributed by atoms with Gasteiger partial charge in [0.25, 0.3) is 0 Å². The first-order chi connectivity index (χ1) is 15.0. The average Bonchev–Trinajstić information content (AvgIpc) is 3.45. The van der Waals surface area contributed by atoms with Gasteiger partial charge in [0.2, 0.25) is 5.95 Å². The Morgan fingerprint density at radius 1 is 1.10 bits per heavy atom. The monoisotopic (exact) mass is 422 g/mol. The first kappa shape index (κ1) is 20.2. The molecular formula is C23H30N6O2. The van der Waals surface area contributed by atoms with Crippen LogP contribution in [0.5, 0.6) is 0 Å². The van der Waals surface area contributed by atoms with E-state index in [0.717, 1.165) is 34.7 Å². The molecule has 0 unspecified atom stereocenters. The van der Waals surface area contributed by atoms with Gasteiger partial charge in [0.15, 0.2) is 0 Å². The quantitative estimate of drug-likeness (QED) is 0.464. The highest BCUT2D eigenvalue weighted by Crippen LogP contribution is 2.35. The fourth-order valence-corrected chi connectivity index (χ4v) is 4.55. The van der Waals surface area contributed by atoms with Gasteiger partial charge in [-0.1, -0.05) is 12.1 Å². The summed E-state index contributed by atoms with van der Waals surface area (Å²) in [4.78, 5) is 14.4. The van der Waals surface area contributed by atoms with E-state index < -0.39 is 6.10 Å². The molecule has 2 aliphatic rings. The van der Waals surface area contributed by atoms with E-state index in [1.165, 1.54) is 12.8 Å². The summed E-state index contributed by atoms with van der Waals surface area (Å²) in [6.45, 7) is 2.94. The smallest absolute Gasteiger partial charge is 0.224 e. The van der Waals surface area contributed by atoms with Crippen LogP contribution in [0.3, 0.4) is 0 Å². The number of benzene rings is 1. The van der Waals surface area contributed by atoms with Crippen LogP contribution >= 0.6 is 0 Å². The molecule has 2 saturated carbocycles. The van der Waals surface area contributed by atoms with Crippen molar-refractivity contribution in [1.29, 1.82) is 0 Å². The third-order valence-electron chi connectivity index (χ3n) is 6.55. The second kappa shape index (κ2) is 8.09. The summed E-state index contributed by atoms with van der Waals surface area (Å²) >= 11 is 0. The average molecular weight is 423 g/mol. The van der Waals surface area contributed by atoms with Crippen molar-refractivity contribution >= 4 is 22.8 Å². The van der Waals surface area contributed by atoms with Gasteiger partial charge in [0.1, 0.15) is 11.6 Å². The van der Waals surface area contributed by atoms with Crippen LogP contribution in [-0.2, 0) is 7.05 Å². The molecule has 164 valence electrons. The number of aryl methyl sites for hydroxylation is 2. The van der Waals surface area contributed by atoms with Crippen LogP contribution in [0.4, 0.5) is 11.8 Å². The largest absolute Gasteiger partial charge is 0.396 e. The molecule has 8 heteroatoms. The highest BCUT2D eigenvalue weighted by Gasteiger charge is 2.34. The lowest BCUT2D eigenvalue weighted by Crippen LogP contribution is -2.29. The predicted octanol–water partition coefficient (Wildman–Crippen LogP) is 2.70. The third-order valence-corrected chi connectivity index (χ3v) is 6.55. The molecule has 4 N–H and O–H groups in total.